The van der Waals surface area contributed by atoms with Crippen LogP contribution >= 0.6 is 23.2 Å². The van der Waals surface area contributed by atoms with Crippen LogP contribution in [0.15, 0.2) is 24.3 Å². The number of hydrogen-bond acceptors (Lipinski definition) is 2. The van der Waals surface area contributed by atoms with Gasteiger partial charge in [0.25, 0.3) is 0 Å². The van der Waals surface area contributed by atoms with Crippen LogP contribution in [-0.2, 0) is 0 Å². The summed E-state index contributed by atoms with van der Waals surface area (Å²) in [5.74, 6) is -0.165. The summed E-state index contributed by atoms with van der Waals surface area (Å²) in [5, 5.41) is 9.33. The Labute approximate surface area is 127 Å². The number of alkyl halides is 1. The molecule has 0 unspecified atom stereocenters. The van der Waals surface area contributed by atoms with Gasteiger partial charge in [-0.3, -0.25) is 4.79 Å². The van der Waals surface area contributed by atoms with Gasteiger partial charge in [-0.25, -0.2) is 0 Å². The Morgan fingerprint density at radius 2 is 2.05 bits per heavy atom. The standard InChI is InChI=1S/C15H12Cl2N2O/c1-9-5-12(15(20)7-16)10(2)19(9)14-4-3-11(8-18)6-13(14)17/h3-6H,7H2,1-2H3. The molecular weight excluding hydrogens is 295 g/mol. The van der Waals surface area contributed by atoms with Crippen molar-refractivity contribution in [2.45, 2.75) is 13.8 Å². The highest BCUT2D eigenvalue weighted by Gasteiger charge is 2.17. The Bertz CT molecular complexity index is 726. The van der Waals surface area contributed by atoms with Crippen molar-refractivity contribution in [2.75, 3.05) is 5.88 Å². The number of nitrogens with zero attached hydrogens (tertiary/aromatic N) is 2. The maximum absolute atomic E-state index is 11.8. The topological polar surface area (TPSA) is 45.8 Å². The second-order valence-electron chi connectivity index (χ2n) is 4.46. The number of hydrogen-bond donors (Lipinski definition) is 0. The minimum absolute atomic E-state index is 0.0502. The van der Waals surface area contributed by atoms with E-state index < -0.39 is 0 Å². The molecule has 102 valence electrons. The highest BCUT2D eigenvalue weighted by Crippen LogP contribution is 2.27. The Morgan fingerprint density at radius 1 is 1.35 bits per heavy atom. The molecule has 20 heavy (non-hydrogen) atoms. The first-order valence-electron chi connectivity index (χ1n) is 5.97. The highest BCUT2D eigenvalue weighted by atomic mass is 35.5. The number of aromatic nitrogens is 1. The van der Waals surface area contributed by atoms with Crippen LogP contribution in [0.1, 0.15) is 27.3 Å². The number of benzene rings is 1. The van der Waals surface area contributed by atoms with Crippen molar-refractivity contribution in [1.29, 1.82) is 5.26 Å². The molecule has 0 saturated carbocycles. The van der Waals surface area contributed by atoms with Crippen molar-refractivity contribution in [3.05, 3.63) is 51.8 Å². The normalized spacial score (nSPS) is 10.3. The SMILES string of the molecule is Cc1cc(C(=O)CCl)c(C)n1-c1ccc(C#N)cc1Cl. The number of carbonyl (C=O) groups excluding carboxylic acids is 1. The molecule has 2 rings (SSSR count). The van der Waals surface area contributed by atoms with Gasteiger partial charge in [0.15, 0.2) is 5.78 Å². The third kappa shape index (κ3) is 2.45. The zero-order valence-electron chi connectivity index (χ0n) is 11.1. The van der Waals surface area contributed by atoms with E-state index >= 15 is 0 Å². The molecule has 2 aromatic rings. The van der Waals surface area contributed by atoms with E-state index in [1.165, 1.54) is 0 Å². The molecular formula is C15H12Cl2N2O. The molecule has 0 N–H and O–H groups in total. The third-order valence-electron chi connectivity index (χ3n) is 3.17. The third-order valence-corrected chi connectivity index (χ3v) is 3.72. The van der Waals surface area contributed by atoms with Crippen molar-refractivity contribution in [1.82, 2.24) is 4.57 Å². The quantitative estimate of drug-likeness (QED) is 0.634. The fourth-order valence-electron chi connectivity index (χ4n) is 2.25. The van der Waals surface area contributed by atoms with Gasteiger partial charge in [0, 0.05) is 17.0 Å². The molecule has 0 atom stereocenters. The summed E-state index contributed by atoms with van der Waals surface area (Å²) in [5.41, 5.74) is 3.52. The maximum Gasteiger partial charge on any atom is 0.179 e. The van der Waals surface area contributed by atoms with Crippen molar-refractivity contribution in [2.24, 2.45) is 0 Å². The monoisotopic (exact) mass is 306 g/mol. The van der Waals surface area contributed by atoms with Crippen LogP contribution in [0.25, 0.3) is 5.69 Å². The van der Waals surface area contributed by atoms with Gasteiger partial charge in [-0.15, -0.1) is 11.6 Å². The predicted molar refractivity (Wildman–Crippen MR) is 80.0 cm³/mol. The van der Waals surface area contributed by atoms with Gasteiger partial charge in [-0.2, -0.15) is 5.26 Å². The van der Waals surface area contributed by atoms with Gasteiger partial charge in [0.05, 0.1) is 28.2 Å². The van der Waals surface area contributed by atoms with E-state index in [-0.39, 0.29) is 11.7 Å². The first-order chi connectivity index (χ1) is 9.49. The summed E-state index contributed by atoms with van der Waals surface area (Å²) in [4.78, 5) is 11.8. The number of halogens is 2. The number of ketones is 1. The van der Waals surface area contributed by atoms with Gasteiger partial charge in [-0.1, -0.05) is 11.6 Å². The van der Waals surface area contributed by atoms with Crippen molar-refractivity contribution >= 4 is 29.0 Å². The zero-order chi connectivity index (χ0) is 14.9. The van der Waals surface area contributed by atoms with Crippen LogP contribution < -0.4 is 0 Å². The van der Waals surface area contributed by atoms with Gasteiger partial charge in [-0.05, 0) is 38.1 Å². The van der Waals surface area contributed by atoms with Crippen LogP contribution in [-0.4, -0.2) is 16.2 Å². The molecule has 0 aliphatic carbocycles. The average molecular weight is 307 g/mol. The molecule has 3 nitrogen and oxygen atoms in total. The lowest BCUT2D eigenvalue weighted by atomic mass is 10.2. The fourth-order valence-corrected chi connectivity index (χ4v) is 2.65. The Hall–Kier alpha value is -1.76. The Morgan fingerprint density at radius 3 is 2.60 bits per heavy atom. The zero-order valence-corrected chi connectivity index (χ0v) is 12.6. The molecule has 0 radical (unpaired) electrons. The van der Waals surface area contributed by atoms with E-state index in [1.54, 1.807) is 24.3 Å². The van der Waals surface area contributed by atoms with E-state index in [4.69, 9.17) is 28.5 Å². The lowest BCUT2D eigenvalue weighted by Gasteiger charge is -2.12. The van der Waals surface area contributed by atoms with E-state index in [0.29, 0.717) is 16.1 Å². The number of carbonyl (C=O) groups is 1. The van der Waals surface area contributed by atoms with E-state index in [0.717, 1.165) is 17.1 Å². The molecule has 0 spiro atoms. The fraction of sp³-hybridized carbons (Fsp3) is 0.200. The average Bonchev–Trinajstić information content (AvgIpc) is 2.73. The minimum Gasteiger partial charge on any atom is -0.316 e. The predicted octanol–water partition coefficient (Wildman–Crippen LogP) is 4.04. The molecule has 5 heteroatoms. The van der Waals surface area contributed by atoms with Crippen molar-refractivity contribution in [3.63, 3.8) is 0 Å². The largest absolute Gasteiger partial charge is 0.316 e. The van der Waals surface area contributed by atoms with Crippen molar-refractivity contribution in [3.8, 4) is 11.8 Å². The molecule has 0 fully saturated rings. The van der Waals surface area contributed by atoms with Gasteiger partial charge >= 0.3 is 0 Å². The smallest absolute Gasteiger partial charge is 0.179 e. The molecule has 1 aromatic heterocycles. The minimum atomic E-state index is -0.115. The first kappa shape index (κ1) is 14.6. The molecule has 1 aromatic carbocycles. The lowest BCUT2D eigenvalue weighted by molar-refractivity contribution is 0.102. The molecule has 0 bridgehead atoms. The maximum atomic E-state index is 11.8. The molecule has 0 saturated heterocycles. The second-order valence-corrected chi connectivity index (χ2v) is 5.13. The van der Waals surface area contributed by atoms with Crippen LogP contribution in [0.5, 0.6) is 0 Å². The number of nitriles is 1. The number of rotatable bonds is 3. The lowest BCUT2D eigenvalue weighted by Crippen LogP contribution is -2.04. The van der Waals surface area contributed by atoms with Gasteiger partial charge < -0.3 is 4.57 Å². The summed E-state index contributed by atoms with van der Waals surface area (Å²) in [6.45, 7) is 3.74. The first-order valence-corrected chi connectivity index (χ1v) is 6.89. The highest BCUT2D eigenvalue weighted by molar-refractivity contribution is 6.32. The van der Waals surface area contributed by atoms with Crippen LogP contribution in [0.4, 0.5) is 0 Å². The summed E-state index contributed by atoms with van der Waals surface area (Å²) >= 11 is 11.8. The van der Waals surface area contributed by atoms with Crippen LogP contribution in [0.3, 0.4) is 0 Å². The molecule has 0 aliphatic rings. The summed E-state index contributed by atoms with van der Waals surface area (Å²) in [6.07, 6.45) is 0. The van der Waals surface area contributed by atoms with E-state index in [2.05, 4.69) is 0 Å². The number of aryl methyl sites for hydroxylation is 1. The van der Waals surface area contributed by atoms with Crippen molar-refractivity contribution < 1.29 is 4.79 Å². The molecule has 0 amide bonds. The van der Waals surface area contributed by atoms with Gasteiger partial charge in [0.2, 0.25) is 0 Å². The Kier molecular flexibility index (Phi) is 4.17. The molecule has 1 heterocycles. The second kappa shape index (κ2) is 5.70. The van der Waals surface area contributed by atoms with E-state index in [1.807, 2.05) is 24.5 Å². The van der Waals surface area contributed by atoms with Crippen LogP contribution in [0, 0.1) is 25.2 Å². The van der Waals surface area contributed by atoms with Crippen LogP contribution in [0.2, 0.25) is 5.02 Å². The summed E-state index contributed by atoms with van der Waals surface area (Å²) < 4.78 is 1.89. The van der Waals surface area contributed by atoms with Gasteiger partial charge in [0.1, 0.15) is 0 Å². The Balaban J connectivity index is 2.62. The number of Topliss-reactive ketones (excluding diaryl/α,β-unsaturated/α-hetero) is 1. The molecule has 0 aliphatic heterocycles. The summed E-state index contributed by atoms with van der Waals surface area (Å²) in [6, 6.07) is 8.92. The summed E-state index contributed by atoms with van der Waals surface area (Å²) in [7, 11) is 0. The van der Waals surface area contributed by atoms with E-state index in [9.17, 15) is 4.79 Å².